The molecule has 0 spiro atoms. The lowest BCUT2D eigenvalue weighted by Crippen LogP contribution is -2.53. The molecule has 6 nitrogen and oxygen atoms in total. The highest BCUT2D eigenvalue weighted by Gasteiger charge is 2.30. The summed E-state index contributed by atoms with van der Waals surface area (Å²) in [6.45, 7) is 11.8. The van der Waals surface area contributed by atoms with Crippen LogP contribution in [0.5, 0.6) is 0 Å². The summed E-state index contributed by atoms with van der Waals surface area (Å²) in [5.41, 5.74) is 6.42. The van der Waals surface area contributed by atoms with Crippen LogP contribution in [0.25, 0.3) is 0 Å². The maximum atomic E-state index is 12.5. The molecule has 27 heavy (non-hydrogen) atoms. The van der Waals surface area contributed by atoms with Gasteiger partial charge in [0.25, 0.3) is 11.8 Å². The first-order valence-electron chi connectivity index (χ1n) is 9.48. The zero-order valence-electron chi connectivity index (χ0n) is 17.1. The number of amides is 3. The van der Waals surface area contributed by atoms with Crippen LogP contribution in [0.1, 0.15) is 68.1 Å². The second-order valence-electron chi connectivity index (χ2n) is 8.73. The van der Waals surface area contributed by atoms with Gasteiger partial charge in [-0.05, 0) is 48.1 Å². The normalized spacial score (nSPS) is 17.8. The molecule has 1 aromatic heterocycles. The predicted molar refractivity (Wildman–Crippen MR) is 107 cm³/mol. The highest BCUT2D eigenvalue weighted by Crippen LogP contribution is 2.40. The summed E-state index contributed by atoms with van der Waals surface area (Å²) in [6, 6.07) is 1.26. The van der Waals surface area contributed by atoms with Crippen molar-refractivity contribution in [3.63, 3.8) is 0 Å². The summed E-state index contributed by atoms with van der Waals surface area (Å²) in [7, 11) is 0. The van der Waals surface area contributed by atoms with Gasteiger partial charge < -0.3 is 5.32 Å². The van der Waals surface area contributed by atoms with E-state index in [1.807, 2.05) is 19.9 Å². The zero-order chi connectivity index (χ0) is 20.4. The largest absolute Gasteiger partial charge is 0.344 e. The molecule has 2 atom stereocenters. The van der Waals surface area contributed by atoms with Crippen molar-refractivity contribution >= 4 is 29.1 Å². The van der Waals surface area contributed by atoms with Gasteiger partial charge in [-0.3, -0.25) is 25.2 Å². The van der Waals surface area contributed by atoms with Crippen molar-refractivity contribution in [2.24, 2.45) is 17.3 Å². The lowest BCUT2D eigenvalue weighted by Gasteiger charge is -2.33. The number of hydrogen-bond acceptors (Lipinski definition) is 4. The number of fused-ring (bicyclic) bond motifs is 1. The van der Waals surface area contributed by atoms with Gasteiger partial charge in [0.2, 0.25) is 5.91 Å². The Labute approximate surface area is 165 Å². The summed E-state index contributed by atoms with van der Waals surface area (Å²) >= 11 is 1.50. The van der Waals surface area contributed by atoms with Crippen LogP contribution < -0.4 is 16.2 Å². The van der Waals surface area contributed by atoms with E-state index in [0.717, 1.165) is 19.3 Å². The third-order valence-electron chi connectivity index (χ3n) is 5.14. The van der Waals surface area contributed by atoms with E-state index in [9.17, 15) is 14.4 Å². The van der Waals surface area contributed by atoms with Crippen molar-refractivity contribution in [2.75, 3.05) is 0 Å². The van der Waals surface area contributed by atoms with Crippen molar-refractivity contribution in [3.05, 3.63) is 21.4 Å². The van der Waals surface area contributed by atoms with Gasteiger partial charge in [0, 0.05) is 11.8 Å². The molecule has 0 saturated carbocycles. The van der Waals surface area contributed by atoms with E-state index in [4.69, 9.17) is 0 Å². The molecule has 2 rings (SSSR count). The molecule has 3 amide bonds. The Morgan fingerprint density at radius 1 is 1.19 bits per heavy atom. The van der Waals surface area contributed by atoms with Gasteiger partial charge in [-0.1, -0.05) is 34.6 Å². The monoisotopic (exact) mass is 393 g/mol. The summed E-state index contributed by atoms with van der Waals surface area (Å²) in [5, 5.41) is 2.60. The van der Waals surface area contributed by atoms with Crippen molar-refractivity contribution in [3.8, 4) is 0 Å². The van der Waals surface area contributed by atoms with E-state index < -0.39 is 11.9 Å². The SMILES string of the molecule is CC(=O)N[C@H](C(=O)NNC(=O)c1cc2c(s1)CC[C@H](C(C)(C)C)C2)C(C)C. The Bertz CT molecular complexity index is 719. The molecule has 0 fully saturated rings. The first-order valence-corrected chi connectivity index (χ1v) is 10.3. The Kier molecular flexibility index (Phi) is 6.68. The maximum Gasteiger partial charge on any atom is 0.279 e. The lowest BCUT2D eigenvalue weighted by molar-refractivity contribution is -0.129. The van der Waals surface area contributed by atoms with E-state index in [-0.39, 0.29) is 23.1 Å². The topological polar surface area (TPSA) is 87.3 Å². The van der Waals surface area contributed by atoms with Crippen LogP contribution in [0.3, 0.4) is 0 Å². The Hall–Kier alpha value is -1.89. The number of nitrogens with one attached hydrogen (secondary N) is 3. The van der Waals surface area contributed by atoms with Gasteiger partial charge in [0.15, 0.2) is 0 Å². The van der Waals surface area contributed by atoms with E-state index in [1.54, 1.807) is 0 Å². The van der Waals surface area contributed by atoms with Gasteiger partial charge in [0.05, 0.1) is 4.88 Å². The van der Waals surface area contributed by atoms with Crippen LogP contribution >= 0.6 is 11.3 Å². The quantitative estimate of drug-likeness (QED) is 0.688. The van der Waals surface area contributed by atoms with Crippen LogP contribution in [-0.2, 0) is 22.4 Å². The van der Waals surface area contributed by atoms with Gasteiger partial charge in [0.1, 0.15) is 6.04 Å². The molecule has 0 bridgehead atoms. The van der Waals surface area contributed by atoms with E-state index in [2.05, 4.69) is 36.9 Å². The third kappa shape index (κ3) is 5.54. The fourth-order valence-corrected chi connectivity index (χ4v) is 4.49. The molecular formula is C20H31N3O3S. The van der Waals surface area contributed by atoms with Crippen LogP contribution in [-0.4, -0.2) is 23.8 Å². The average molecular weight is 394 g/mol. The smallest absolute Gasteiger partial charge is 0.279 e. The minimum absolute atomic E-state index is 0.0887. The first kappa shape index (κ1) is 21.4. The van der Waals surface area contributed by atoms with Crippen molar-refractivity contribution in [1.29, 1.82) is 0 Å². The zero-order valence-corrected chi connectivity index (χ0v) is 17.9. The third-order valence-corrected chi connectivity index (χ3v) is 6.37. The molecule has 7 heteroatoms. The van der Waals surface area contributed by atoms with Crippen LogP contribution in [0, 0.1) is 17.3 Å². The average Bonchev–Trinajstić information content (AvgIpc) is 2.99. The molecule has 1 aliphatic rings. The molecule has 0 unspecified atom stereocenters. The summed E-state index contributed by atoms with van der Waals surface area (Å²) in [6.07, 6.45) is 3.13. The second-order valence-corrected chi connectivity index (χ2v) is 9.87. The van der Waals surface area contributed by atoms with Crippen LogP contribution in [0.4, 0.5) is 0 Å². The highest BCUT2D eigenvalue weighted by molar-refractivity contribution is 7.14. The fourth-order valence-electron chi connectivity index (χ4n) is 3.39. The minimum Gasteiger partial charge on any atom is -0.344 e. The van der Waals surface area contributed by atoms with E-state index in [1.165, 1.54) is 28.7 Å². The van der Waals surface area contributed by atoms with Gasteiger partial charge in [-0.2, -0.15) is 0 Å². The van der Waals surface area contributed by atoms with E-state index >= 15 is 0 Å². The Morgan fingerprint density at radius 2 is 1.85 bits per heavy atom. The van der Waals surface area contributed by atoms with Gasteiger partial charge >= 0.3 is 0 Å². The number of carbonyl (C=O) groups excluding carboxylic acids is 3. The van der Waals surface area contributed by atoms with Crippen LogP contribution in [0.15, 0.2) is 6.07 Å². The van der Waals surface area contributed by atoms with Crippen molar-refractivity contribution in [2.45, 2.75) is 66.8 Å². The molecule has 3 N–H and O–H groups in total. The molecule has 0 aromatic carbocycles. The van der Waals surface area contributed by atoms with Gasteiger partial charge in [-0.15, -0.1) is 11.3 Å². The summed E-state index contributed by atoms with van der Waals surface area (Å²) < 4.78 is 0. The van der Waals surface area contributed by atoms with Crippen LogP contribution in [0.2, 0.25) is 0 Å². The fraction of sp³-hybridized carbons (Fsp3) is 0.650. The number of hydrazine groups is 1. The molecule has 0 aliphatic heterocycles. The summed E-state index contributed by atoms with van der Waals surface area (Å²) in [4.78, 5) is 37.9. The molecule has 1 heterocycles. The van der Waals surface area contributed by atoms with Crippen molar-refractivity contribution in [1.82, 2.24) is 16.2 Å². The maximum absolute atomic E-state index is 12.5. The Morgan fingerprint density at radius 3 is 2.41 bits per heavy atom. The molecule has 0 saturated heterocycles. The highest BCUT2D eigenvalue weighted by atomic mass is 32.1. The molecule has 1 aromatic rings. The number of aryl methyl sites for hydroxylation is 1. The van der Waals surface area contributed by atoms with E-state index in [0.29, 0.717) is 10.8 Å². The number of carbonyl (C=O) groups is 3. The van der Waals surface area contributed by atoms with Gasteiger partial charge in [-0.25, -0.2) is 0 Å². The second kappa shape index (κ2) is 8.42. The summed E-state index contributed by atoms with van der Waals surface area (Å²) in [5.74, 6) is -0.508. The first-order chi connectivity index (χ1) is 12.5. The molecular weight excluding hydrogens is 362 g/mol. The number of rotatable bonds is 4. The molecule has 0 radical (unpaired) electrons. The molecule has 150 valence electrons. The standard InChI is InChI=1S/C20H31N3O3S/c1-11(2)17(21-12(3)24)19(26)23-22-18(25)16-10-13-9-14(20(4,5)6)7-8-15(13)27-16/h10-11,14,17H,7-9H2,1-6H3,(H,21,24)(H,22,25)(H,23,26)/t14-,17-/m0/s1. The number of hydrogen-bond donors (Lipinski definition) is 3. The minimum atomic E-state index is -0.688. The van der Waals surface area contributed by atoms with Crippen molar-refractivity contribution < 1.29 is 14.4 Å². The molecule has 1 aliphatic carbocycles. The number of thiophene rings is 1. The lowest BCUT2D eigenvalue weighted by atomic mass is 9.72. The predicted octanol–water partition coefficient (Wildman–Crippen LogP) is 2.82. The Balaban J connectivity index is 1.98.